The molecule has 0 amide bonds. The van der Waals surface area contributed by atoms with Crippen LogP contribution in [0.4, 0.5) is 0 Å². The topological polar surface area (TPSA) is 24.9 Å². The van der Waals surface area contributed by atoms with Gasteiger partial charge in [-0.25, -0.2) is 0 Å². The van der Waals surface area contributed by atoms with Gasteiger partial charge in [0.25, 0.3) is 0 Å². The van der Waals surface area contributed by atoms with Crippen molar-refractivity contribution in [2.24, 2.45) is 0 Å². The third kappa shape index (κ3) is 1.54. The number of hydrogen-bond donors (Lipinski definition) is 1. The van der Waals surface area contributed by atoms with E-state index in [0.717, 1.165) is 18.8 Å². The van der Waals surface area contributed by atoms with Gasteiger partial charge in [-0.1, -0.05) is 0 Å². The Hall–Kier alpha value is -0.540. The Balaban J connectivity index is 2.33. The summed E-state index contributed by atoms with van der Waals surface area (Å²) in [6, 6.07) is 2.09. The molecule has 2 rings (SSSR count). The Morgan fingerprint density at radius 1 is 1.55 bits per heavy atom. The second kappa shape index (κ2) is 3.24. The maximum absolute atomic E-state index is 4.09. The van der Waals surface area contributed by atoms with Crippen LogP contribution in [-0.2, 0) is 6.54 Å². The van der Waals surface area contributed by atoms with Crippen molar-refractivity contribution in [3.05, 3.63) is 24.0 Å². The van der Waals surface area contributed by atoms with E-state index in [-0.39, 0.29) is 0 Å². The molecular formula is C8H10N2S. The average Bonchev–Trinajstić information content (AvgIpc) is 2.28. The summed E-state index contributed by atoms with van der Waals surface area (Å²) in [6.45, 7) is 2.06. The predicted octanol–water partition coefficient (Wildman–Crippen LogP) is 1.28. The fraction of sp³-hybridized carbons (Fsp3) is 0.375. The van der Waals surface area contributed by atoms with E-state index in [1.807, 2.05) is 24.2 Å². The molecule has 1 N–H and O–H groups in total. The summed E-state index contributed by atoms with van der Waals surface area (Å²) in [5.41, 5.74) is 1.33. The third-order valence-corrected chi connectivity index (χ3v) is 2.83. The third-order valence-electron chi connectivity index (χ3n) is 1.71. The number of nitrogens with one attached hydrogen (secondary N) is 1. The number of rotatable bonds is 0. The summed E-state index contributed by atoms with van der Waals surface area (Å²) in [5.74, 6) is 1.16. The van der Waals surface area contributed by atoms with Crippen molar-refractivity contribution < 1.29 is 0 Å². The van der Waals surface area contributed by atoms with Crippen LogP contribution in [0.3, 0.4) is 0 Å². The van der Waals surface area contributed by atoms with Crippen LogP contribution >= 0.6 is 11.8 Å². The van der Waals surface area contributed by atoms with Gasteiger partial charge in [0.15, 0.2) is 0 Å². The van der Waals surface area contributed by atoms with Crippen LogP contribution in [0.1, 0.15) is 5.56 Å². The predicted molar refractivity (Wildman–Crippen MR) is 46.7 cm³/mol. The minimum absolute atomic E-state index is 0.968. The number of fused-ring (bicyclic) bond motifs is 1. The minimum atomic E-state index is 0.968. The molecule has 11 heavy (non-hydrogen) atoms. The highest BCUT2D eigenvalue weighted by molar-refractivity contribution is 7.99. The Morgan fingerprint density at radius 2 is 2.55 bits per heavy atom. The highest BCUT2D eigenvalue weighted by Crippen LogP contribution is 2.22. The number of hydrogen-bond acceptors (Lipinski definition) is 3. The summed E-state index contributed by atoms with van der Waals surface area (Å²) < 4.78 is 0. The Bertz CT molecular complexity index is 225. The quantitative estimate of drug-likeness (QED) is 0.628. The maximum atomic E-state index is 4.09. The molecule has 2 heterocycles. The molecule has 1 aliphatic rings. The second-order valence-electron chi connectivity index (χ2n) is 2.51. The van der Waals surface area contributed by atoms with Crippen molar-refractivity contribution >= 4 is 11.8 Å². The van der Waals surface area contributed by atoms with E-state index in [1.54, 1.807) is 0 Å². The van der Waals surface area contributed by atoms with Crippen LogP contribution in [0.15, 0.2) is 23.4 Å². The van der Waals surface area contributed by atoms with Crippen molar-refractivity contribution in [3.8, 4) is 0 Å². The monoisotopic (exact) mass is 166 g/mol. The first kappa shape index (κ1) is 7.13. The Labute approximate surface area is 70.4 Å². The lowest BCUT2D eigenvalue weighted by Gasteiger charge is -2.00. The van der Waals surface area contributed by atoms with E-state index < -0.39 is 0 Å². The lowest BCUT2D eigenvalue weighted by atomic mass is 10.3. The van der Waals surface area contributed by atoms with Crippen molar-refractivity contribution in [2.75, 3.05) is 12.3 Å². The van der Waals surface area contributed by atoms with Crippen LogP contribution in [0, 0.1) is 0 Å². The molecule has 0 aliphatic carbocycles. The lowest BCUT2D eigenvalue weighted by molar-refractivity contribution is 0.729. The largest absolute Gasteiger partial charge is 0.312 e. The first-order chi connectivity index (χ1) is 5.47. The van der Waals surface area contributed by atoms with Gasteiger partial charge in [-0.05, 0) is 11.6 Å². The summed E-state index contributed by atoms with van der Waals surface area (Å²) >= 11 is 1.91. The fourth-order valence-electron chi connectivity index (χ4n) is 1.14. The lowest BCUT2D eigenvalue weighted by Crippen LogP contribution is -2.13. The highest BCUT2D eigenvalue weighted by atomic mass is 32.2. The summed E-state index contributed by atoms with van der Waals surface area (Å²) in [6.07, 6.45) is 3.80. The molecule has 1 aromatic heterocycles. The Kier molecular flexibility index (Phi) is 2.10. The molecule has 0 radical (unpaired) electrons. The van der Waals surface area contributed by atoms with Gasteiger partial charge in [0.05, 0.1) is 0 Å². The van der Waals surface area contributed by atoms with E-state index in [1.165, 1.54) is 10.5 Å². The SMILES string of the molecule is c1cc2c(cn1)CNCCS2. The molecule has 0 fully saturated rings. The zero-order chi connectivity index (χ0) is 7.52. The molecule has 3 heteroatoms. The smallest absolute Gasteiger partial charge is 0.0324 e. The Morgan fingerprint density at radius 3 is 3.55 bits per heavy atom. The zero-order valence-corrected chi connectivity index (χ0v) is 7.03. The second-order valence-corrected chi connectivity index (χ2v) is 3.65. The van der Waals surface area contributed by atoms with Crippen LogP contribution in [0.25, 0.3) is 0 Å². The standard InChI is InChI=1S/C8H10N2S/c1-2-9-5-7-6-10-3-4-11-8(1)7/h1-2,5,10H,3-4,6H2. The van der Waals surface area contributed by atoms with E-state index >= 15 is 0 Å². The number of thioether (sulfide) groups is 1. The van der Waals surface area contributed by atoms with Gasteiger partial charge in [0.1, 0.15) is 0 Å². The zero-order valence-electron chi connectivity index (χ0n) is 6.21. The average molecular weight is 166 g/mol. The van der Waals surface area contributed by atoms with E-state index in [9.17, 15) is 0 Å². The molecule has 0 aromatic carbocycles. The molecule has 58 valence electrons. The van der Waals surface area contributed by atoms with Gasteiger partial charge in [-0.15, -0.1) is 11.8 Å². The van der Waals surface area contributed by atoms with Gasteiger partial charge < -0.3 is 5.32 Å². The van der Waals surface area contributed by atoms with Crippen LogP contribution in [0.5, 0.6) is 0 Å². The molecule has 1 aromatic rings. The normalized spacial score (nSPS) is 17.1. The van der Waals surface area contributed by atoms with Gasteiger partial charge >= 0.3 is 0 Å². The molecule has 0 unspecified atom stereocenters. The van der Waals surface area contributed by atoms with E-state index in [0.29, 0.717) is 0 Å². The maximum Gasteiger partial charge on any atom is 0.0324 e. The first-order valence-corrected chi connectivity index (χ1v) is 4.72. The highest BCUT2D eigenvalue weighted by Gasteiger charge is 2.05. The van der Waals surface area contributed by atoms with Gasteiger partial charge in [-0.3, -0.25) is 4.98 Å². The fourth-order valence-corrected chi connectivity index (χ4v) is 2.08. The molecule has 0 saturated heterocycles. The molecule has 2 nitrogen and oxygen atoms in total. The van der Waals surface area contributed by atoms with Crippen LogP contribution in [-0.4, -0.2) is 17.3 Å². The summed E-state index contributed by atoms with van der Waals surface area (Å²) in [5, 5.41) is 3.34. The summed E-state index contributed by atoms with van der Waals surface area (Å²) in [4.78, 5) is 5.47. The minimum Gasteiger partial charge on any atom is -0.312 e. The molecule has 0 saturated carbocycles. The van der Waals surface area contributed by atoms with Gasteiger partial charge in [0, 0.05) is 36.1 Å². The van der Waals surface area contributed by atoms with Gasteiger partial charge in [-0.2, -0.15) is 0 Å². The van der Waals surface area contributed by atoms with Crippen molar-refractivity contribution in [3.63, 3.8) is 0 Å². The number of pyridine rings is 1. The van der Waals surface area contributed by atoms with Gasteiger partial charge in [0.2, 0.25) is 0 Å². The molecule has 0 spiro atoms. The van der Waals surface area contributed by atoms with Crippen molar-refractivity contribution in [1.29, 1.82) is 0 Å². The summed E-state index contributed by atoms with van der Waals surface area (Å²) in [7, 11) is 0. The van der Waals surface area contributed by atoms with E-state index in [4.69, 9.17) is 0 Å². The molecule has 1 aliphatic heterocycles. The molecular weight excluding hydrogens is 156 g/mol. The van der Waals surface area contributed by atoms with Crippen LogP contribution < -0.4 is 5.32 Å². The first-order valence-electron chi connectivity index (χ1n) is 3.73. The number of aromatic nitrogens is 1. The van der Waals surface area contributed by atoms with Crippen LogP contribution in [0.2, 0.25) is 0 Å². The molecule has 0 bridgehead atoms. The van der Waals surface area contributed by atoms with E-state index in [2.05, 4.69) is 16.4 Å². The van der Waals surface area contributed by atoms with Crippen molar-refractivity contribution in [2.45, 2.75) is 11.4 Å². The van der Waals surface area contributed by atoms with Crippen molar-refractivity contribution in [1.82, 2.24) is 10.3 Å². The number of nitrogens with zero attached hydrogens (tertiary/aromatic N) is 1. The molecule has 0 atom stereocenters.